The zero-order valence-corrected chi connectivity index (χ0v) is 10.0. The third-order valence-corrected chi connectivity index (χ3v) is 2.54. The number of nitrogens with zero attached hydrogens (tertiary/aromatic N) is 3. The van der Waals surface area contributed by atoms with Crippen LogP contribution in [0.5, 0.6) is 0 Å². The topological polar surface area (TPSA) is 108 Å². The first-order valence-electron chi connectivity index (χ1n) is 5.21. The molecule has 18 heavy (non-hydrogen) atoms. The van der Waals surface area contributed by atoms with Gasteiger partial charge in [-0.15, -0.1) is 0 Å². The summed E-state index contributed by atoms with van der Waals surface area (Å²) in [4.78, 5) is 23.0. The number of rotatable bonds is 3. The van der Waals surface area contributed by atoms with E-state index in [1.165, 1.54) is 15.6 Å². The van der Waals surface area contributed by atoms with Crippen LogP contribution in [-0.4, -0.2) is 20.3 Å². The van der Waals surface area contributed by atoms with E-state index in [2.05, 4.69) is 5.10 Å². The van der Waals surface area contributed by atoms with E-state index in [1.807, 2.05) is 5.43 Å². The maximum absolute atomic E-state index is 11.6. The number of furan rings is 1. The van der Waals surface area contributed by atoms with E-state index in [-0.39, 0.29) is 12.2 Å². The molecule has 0 saturated carbocycles. The van der Waals surface area contributed by atoms with Gasteiger partial charge in [-0.05, 0) is 13.0 Å². The molecule has 2 rings (SSSR count). The number of nitrogen functional groups attached to an aromatic ring is 1. The number of aromatic nitrogens is 3. The maximum Gasteiger partial charge on any atom is 0.345 e. The largest absolute Gasteiger partial charge is 0.464 e. The standard InChI is InChI=1S/C10H13N5O3/c1-6-8(9(16)13-11)3-7(18-6)4-15-10(17)14(2)5-12-15/h3,5H,4,11H2,1-2H3,(H,13,16). The van der Waals surface area contributed by atoms with E-state index < -0.39 is 5.91 Å². The van der Waals surface area contributed by atoms with Crippen molar-refractivity contribution in [3.63, 3.8) is 0 Å². The number of aryl methyl sites for hydroxylation is 2. The molecule has 0 aromatic carbocycles. The van der Waals surface area contributed by atoms with Gasteiger partial charge in [-0.2, -0.15) is 5.10 Å². The normalized spacial score (nSPS) is 10.6. The van der Waals surface area contributed by atoms with Gasteiger partial charge in [-0.1, -0.05) is 0 Å². The van der Waals surface area contributed by atoms with Crippen molar-refractivity contribution in [2.45, 2.75) is 13.5 Å². The molecule has 2 heterocycles. The van der Waals surface area contributed by atoms with Crippen molar-refractivity contribution in [2.75, 3.05) is 0 Å². The Labute approximate surface area is 102 Å². The number of hydrogen-bond acceptors (Lipinski definition) is 5. The van der Waals surface area contributed by atoms with Crippen molar-refractivity contribution < 1.29 is 9.21 Å². The lowest BCUT2D eigenvalue weighted by molar-refractivity contribution is 0.0952. The zero-order chi connectivity index (χ0) is 13.3. The van der Waals surface area contributed by atoms with Gasteiger partial charge in [0.2, 0.25) is 0 Å². The Morgan fingerprint density at radius 3 is 2.89 bits per heavy atom. The lowest BCUT2D eigenvalue weighted by atomic mass is 10.2. The predicted molar refractivity (Wildman–Crippen MR) is 61.7 cm³/mol. The van der Waals surface area contributed by atoms with E-state index in [1.54, 1.807) is 20.0 Å². The first-order valence-corrected chi connectivity index (χ1v) is 5.21. The molecule has 1 amide bonds. The molecule has 0 spiro atoms. The van der Waals surface area contributed by atoms with Crippen molar-refractivity contribution >= 4 is 5.91 Å². The van der Waals surface area contributed by atoms with Crippen molar-refractivity contribution in [1.82, 2.24) is 19.8 Å². The fraction of sp³-hybridized carbons (Fsp3) is 0.300. The minimum absolute atomic E-state index is 0.165. The van der Waals surface area contributed by atoms with Gasteiger partial charge in [-0.25, -0.2) is 15.3 Å². The molecule has 96 valence electrons. The average Bonchev–Trinajstić information content (AvgIpc) is 2.86. The molecule has 0 saturated heterocycles. The highest BCUT2D eigenvalue weighted by Gasteiger charge is 2.15. The highest BCUT2D eigenvalue weighted by atomic mass is 16.3. The van der Waals surface area contributed by atoms with Crippen molar-refractivity contribution in [2.24, 2.45) is 12.9 Å². The molecule has 0 fully saturated rings. The number of carbonyl (C=O) groups excluding carboxylic acids is 1. The van der Waals surface area contributed by atoms with Crippen LogP contribution in [0.15, 0.2) is 21.6 Å². The maximum atomic E-state index is 11.6. The van der Waals surface area contributed by atoms with E-state index in [0.29, 0.717) is 17.1 Å². The third kappa shape index (κ3) is 2.05. The fourth-order valence-electron chi connectivity index (χ4n) is 1.60. The summed E-state index contributed by atoms with van der Waals surface area (Å²) in [5, 5.41) is 3.90. The van der Waals surface area contributed by atoms with Crippen LogP contribution in [0.1, 0.15) is 21.9 Å². The first kappa shape index (κ1) is 12.1. The van der Waals surface area contributed by atoms with Gasteiger partial charge in [-0.3, -0.25) is 14.8 Å². The molecule has 2 aromatic rings. The Morgan fingerprint density at radius 2 is 2.33 bits per heavy atom. The Morgan fingerprint density at radius 1 is 1.61 bits per heavy atom. The van der Waals surface area contributed by atoms with Crippen molar-refractivity contribution in [3.8, 4) is 0 Å². The predicted octanol–water partition coefficient (Wildman–Crippen LogP) is -0.865. The summed E-state index contributed by atoms with van der Waals surface area (Å²) in [7, 11) is 1.60. The van der Waals surface area contributed by atoms with Gasteiger partial charge in [0.25, 0.3) is 5.91 Å². The van der Waals surface area contributed by atoms with Crippen LogP contribution in [-0.2, 0) is 13.6 Å². The average molecular weight is 251 g/mol. The second-order valence-corrected chi connectivity index (χ2v) is 3.84. The van der Waals surface area contributed by atoms with Gasteiger partial charge >= 0.3 is 5.69 Å². The van der Waals surface area contributed by atoms with Crippen LogP contribution in [0.3, 0.4) is 0 Å². The quantitative estimate of drug-likeness (QED) is 0.419. The summed E-state index contributed by atoms with van der Waals surface area (Å²) in [6.45, 7) is 1.81. The molecular weight excluding hydrogens is 238 g/mol. The molecule has 8 nitrogen and oxygen atoms in total. The van der Waals surface area contributed by atoms with E-state index in [0.717, 1.165) is 0 Å². The smallest absolute Gasteiger partial charge is 0.345 e. The van der Waals surface area contributed by atoms with Gasteiger partial charge in [0.15, 0.2) is 0 Å². The van der Waals surface area contributed by atoms with E-state index >= 15 is 0 Å². The van der Waals surface area contributed by atoms with Crippen molar-refractivity contribution in [3.05, 3.63) is 40.0 Å². The fourth-order valence-corrected chi connectivity index (χ4v) is 1.60. The Bertz CT molecular complexity index is 636. The van der Waals surface area contributed by atoms with Crippen LogP contribution >= 0.6 is 0 Å². The minimum Gasteiger partial charge on any atom is -0.464 e. The molecule has 0 unspecified atom stereocenters. The molecule has 8 heteroatoms. The van der Waals surface area contributed by atoms with Gasteiger partial charge in [0.05, 0.1) is 5.56 Å². The van der Waals surface area contributed by atoms with Crippen LogP contribution < -0.4 is 17.0 Å². The second kappa shape index (κ2) is 4.49. The molecule has 0 radical (unpaired) electrons. The van der Waals surface area contributed by atoms with Crippen LogP contribution in [0, 0.1) is 6.92 Å². The summed E-state index contributed by atoms with van der Waals surface area (Å²) in [5.74, 6) is 5.52. The molecule has 0 aliphatic heterocycles. The Balaban J connectivity index is 2.28. The summed E-state index contributed by atoms with van der Waals surface area (Å²) in [6.07, 6.45) is 1.41. The lowest BCUT2D eigenvalue weighted by Gasteiger charge is -1.94. The minimum atomic E-state index is -0.434. The van der Waals surface area contributed by atoms with Gasteiger partial charge in [0, 0.05) is 7.05 Å². The number of carbonyl (C=O) groups is 1. The van der Waals surface area contributed by atoms with E-state index in [9.17, 15) is 9.59 Å². The van der Waals surface area contributed by atoms with Crippen LogP contribution in [0.4, 0.5) is 0 Å². The molecule has 0 atom stereocenters. The summed E-state index contributed by atoms with van der Waals surface area (Å²) in [5.41, 5.74) is 2.12. The van der Waals surface area contributed by atoms with Gasteiger partial charge < -0.3 is 4.42 Å². The SMILES string of the molecule is Cc1oc(Cn2ncn(C)c2=O)cc1C(=O)NN. The number of nitrogens with two attached hydrogens (primary N) is 1. The molecule has 0 bridgehead atoms. The highest BCUT2D eigenvalue weighted by molar-refractivity contribution is 5.94. The Hall–Kier alpha value is -2.35. The lowest BCUT2D eigenvalue weighted by Crippen LogP contribution is -2.30. The van der Waals surface area contributed by atoms with Crippen molar-refractivity contribution in [1.29, 1.82) is 0 Å². The number of hydrogen-bond donors (Lipinski definition) is 2. The summed E-state index contributed by atoms with van der Waals surface area (Å²) >= 11 is 0. The number of hydrazine groups is 1. The third-order valence-electron chi connectivity index (χ3n) is 2.54. The van der Waals surface area contributed by atoms with Gasteiger partial charge in [0.1, 0.15) is 24.4 Å². The molecular formula is C10H13N5O3. The summed E-state index contributed by atoms with van der Waals surface area (Å²) < 4.78 is 7.97. The molecule has 0 aliphatic carbocycles. The number of amides is 1. The van der Waals surface area contributed by atoms with E-state index in [4.69, 9.17) is 10.3 Å². The monoisotopic (exact) mass is 251 g/mol. The Kier molecular flexibility index (Phi) is 3.02. The first-order chi connectivity index (χ1) is 8.52. The molecule has 0 aliphatic rings. The van der Waals surface area contributed by atoms with Crippen LogP contribution in [0.25, 0.3) is 0 Å². The summed E-state index contributed by atoms with van der Waals surface area (Å²) in [6, 6.07) is 1.54. The van der Waals surface area contributed by atoms with Crippen LogP contribution in [0.2, 0.25) is 0 Å². The second-order valence-electron chi connectivity index (χ2n) is 3.84. The molecule has 2 aromatic heterocycles. The number of nitrogens with one attached hydrogen (secondary N) is 1. The zero-order valence-electron chi connectivity index (χ0n) is 10.0. The molecule has 3 N–H and O–H groups in total. The highest BCUT2D eigenvalue weighted by Crippen LogP contribution is 2.14.